The van der Waals surface area contributed by atoms with Crippen molar-refractivity contribution >= 4 is 12.0 Å². The minimum absolute atomic E-state index is 0.323. The highest BCUT2D eigenvalue weighted by atomic mass is 19.4. The molecule has 8 heteroatoms. The third-order valence-corrected chi connectivity index (χ3v) is 5.06. The van der Waals surface area contributed by atoms with Gasteiger partial charge >= 0.3 is 6.18 Å². The quantitative estimate of drug-likeness (QED) is 0.158. The molecule has 0 saturated carbocycles. The van der Waals surface area contributed by atoms with Crippen LogP contribution in [0.1, 0.15) is 34.8 Å². The Morgan fingerprint density at radius 3 is 2.26 bits per heavy atom. The van der Waals surface area contributed by atoms with Crippen LogP contribution in [0.15, 0.2) is 84.9 Å². The first-order valence-corrected chi connectivity index (χ1v) is 10.7. The van der Waals surface area contributed by atoms with Crippen molar-refractivity contribution in [2.24, 2.45) is 0 Å². The van der Waals surface area contributed by atoms with Crippen LogP contribution in [0.3, 0.4) is 0 Å². The van der Waals surface area contributed by atoms with Crippen LogP contribution in [0.4, 0.5) is 13.2 Å². The molecule has 0 aliphatic heterocycles. The van der Waals surface area contributed by atoms with E-state index in [2.05, 4.69) is 5.32 Å². The van der Waals surface area contributed by atoms with Crippen molar-refractivity contribution in [3.8, 4) is 5.75 Å². The summed E-state index contributed by atoms with van der Waals surface area (Å²) in [4.78, 5) is 11.0. The second kappa shape index (κ2) is 12.0. The van der Waals surface area contributed by atoms with Gasteiger partial charge in [-0.05, 0) is 53.6 Å². The normalized spacial score (nSPS) is 12.5. The molecule has 3 N–H and O–H groups in total. The lowest BCUT2D eigenvalue weighted by atomic mass is 10.1. The first kappa shape index (κ1) is 25.0. The first-order valence-electron chi connectivity index (χ1n) is 10.7. The van der Waals surface area contributed by atoms with Crippen LogP contribution >= 0.6 is 0 Å². The molecule has 0 saturated heterocycles. The van der Waals surface area contributed by atoms with Crippen molar-refractivity contribution in [2.45, 2.75) is 25.2 Å². The Bertz CT molecular complexity index is 1070. The molecule has 0 spiro atoms. The Labute approximate surface area is 195 Å². The fourth-order valence-corrected chi connectivity index (χ4v) is 3.27. The van der Waals surface area contributed by atoms with Crippen molar-refractivity contribution in [2.75, 3.05) is 6.54 Å². The largest absolute Gasteiger partial charge is 0.486 e. The monoisotopic (exact) mass is 470 g/mol. The lowest BCUT2D eigenvalue weighted by Gasteiger charge is -2.20. The number of ether oxygens (including phenoxy) is 1. The van der Waals surface area contributed by atoms with Crippen LogP contribution < -0.4 is 15.5 Å². The van der Waals surface area contributed by atoms with Crippen molar-refractivity contribution in [1.29, 1.82) is 0 Å². The zero-order valence-corrected chi connectivity index (χ0v) is 18.3. The highest BCUT2D eigenvalue weighted by Gasteiger charge is 2.30. The molecule has 1 unspecified atom stereocenters. The molecular formula is C26H25F3N2O3. The predicted octanol–water partition coefficient (Wildman–Crippen LogP) is 5.52. The minimum atomic E-state index is -4.39. The molecule has 3 rings (SSSR count). The third-order valence-electron chi connectivity index (χ3n) is 5.06. The van der Waals surface area contributed by atoms with E-state index in [-0.39, 0.29) is 6.10 Å². The maximum absolute atomic E-state index is 12.8. The van der Waals surface area contributed by atoms with Gasteiger partial charge in [0.25, 0.3) is 5.91 Å². The number of hydroxylamine groups is 1. The van der Waals surface area contributed by atoms with Gasteiger partial charge in [0, 0.05) is 19.0 Å². The van der Waals surface area contributed by atoms with Gasteiger partial charge in [-0.25, -0.2) is 5.48 Å². The van der Waals surface area contributed by atoms with Gasteiger partial charge in [-0.1, -0.05) is 54.6 Å². The third kappa shape index (κ3) is 7.75. The average molecular weight is 470 g/mol. The van der Waals surface area contributed by atoms with E-state index >= 15 is 0 Å². The summed E-state index contributed by atoms with van der Waals surface area (Å²) in [6.07, 6.45) is -1.28. The zero-order chi connectivity index (χ0) is 24.4. The van der Waals surface area contributed by atoms with E-state index in [0.717, 1.165) is 28.8 Å². The van der Waals surface area contributed by atoms with Gasteiger partial charge in [0.2, 0.25) is 0 Å². The van der Waals surface area contributed by atoms with Crippen LogP contribution in [-0.4, -0.2) is 17.7 Å². The standard InChI is InChI=1S/C26H25F3N2O3/c27-26(28,29)22-11-13-23(14-12-22)34-24(21-4-2-1-3-5-21)16-17-30-18-20-8-6-19(7-9-20)10-15-25(32)31-33/h1-15,24,30,33H,16-18H2,(H,31,32)/b15-10+. The lowest BCUT2D eigenvalue weighted by molar-refractivity contribution is -0.137. The number of halogens is 3. The molecule has 0 aromatic heterocycles. The first-order chi connectivity index (χ1) is 16.3. The highest BCUT2D eigenvalue weighted by Crippen LogP contribution is 2.31. The van der Waals surface area contributed by atoms with Gasteiger partial charge in [0.05, 0.1) is 5.56 Å². The number of alkyl halides is 3. The van der Waals surface area contributed by atoms with Gasteiger partial charge in [-0.3, -0.25) is 10.0 Å². The van der Waals surface area contributed by atoms with E-state index < -0.39 is 17.6 Å². The number of amides is 1. The van der Waals surface area contributed by atoms with Gasteiger partial charge in [0.1, 0.15) is 11.9 Å². The SMILES string of the molecule is O=C(/C=C/c1ccc(CNCCC(Oc2ccc(C(F)(F)F)cc2)c2ccccc2)cc1)NO. The van der Waals surface area contributed by atoms with E-state index in [9.17, 15) is 18.0 Å². The maximum Gasteiger partial charge on any atom is 0.416 e. The molecule has 1 amide bonds. The van der Waals surface area contributed by atoms with E-state index in [0.29, 0.717) is 25.3 Å². The molecule has 0 aliphatic carbocycles. The number of carbonyl (C=O) groups is 1. The molecule has 178 valence electrons. The molecule has 0 radical (unpaired) electrons. The van der Waals surface area contributed by atoms with Crippen LogP contribution in [0, 0.1) is 0 Å². The van der Waals surface area contributed by atoms with Crippen LogP contribution in [0.5, 0.6) is 5.75 Å². The topological polar surface area (TPSA) is 70.6 Å². The van der Waals surface area contributed by atoms with E-state index in [4.69, 9.17) is 9.94 Å². The number of carbonyl (C=O) groups excluding carboxylic acids is 1. The molecule has 34 heavy (non-hydrogen) atoms. The van der Waals surface area contributed by atoms with Gasteiger partial charge in [0.15, 0.2) is 0 Å². The summed E-state index contributed by atoms with van der Waals surface area (Å²) >= 11 is 0. The summed E-state index contributed by atoms with van der Waals surface area (Å²) in [6.45, 7) is 1.24. The molecule has 0 bridgehead atoms. The van der Waals surface area contributed by atoms with Crippen LogP contribution in [0.25, 0.3) is 6.08 Å². The fourth-order valence-electron chi connectivity index (χ4n) is 3.27. The summed E-state index contributed by atoms with van der Waals surface area (Å²) in [5.41, 5.74) is 3.63. The minimum Gasteiger partial charge on any atom is -0.486 e. The van der Waals surface area contributed by atoms with Crippen LogP contribution in [-0.2, 0) is 17.5 Å². The molecule has 0 fully saturated rings. The lowest BCUT2D eigenvalue weighted by Crippen LogP contribution is -2.19. The van der Waals surface area contributed by atoms with Crippen molar-refractivity contribution in [1.82, 2.24) is 10.8 Å². The van der Waals surface area contributed by atoms with Crippen molar-refractivity contribution in [3.63, 3.8) is 0 Å². The summed E-state index contributed by atoms with van der Waals surface area (Å²) in [7, 11) is 0. The Hall–Kier alpha value is -3.62. The molecule has 1 atom stereocenters. The Kier molecular flexibility index (Phi) is 8.84. The predicted molar refractivity (Wildman–Crippen MR) is 123 cm³/mol. The molecular weight excluding hydrogens is 445 g/mol. The maximum atomic E-state index is 12.8. The van der Waals surface area contributed by atoms with Crippen molar-refractivity contribution in [3.05, 3.63) is 107 Å². The smallest absolute Gasteiger partial charge is 0.416 e. The summed E-state index contributed by atoms with van der Waals surface area (Å²) in [5, 5.41) is 11.9. The number of hydrogen-bond donors (Lipinski definition) is 3. The number of rotatable bonds is 10. The summed E-state index contributed by atoms with van der Waals surface area (Å²) < 4.78 is 44.5. The van der Waals surface area contributed by atoms with E-state index in [1.807, 2.05) is 54.6 Å². The number of hydrogen-bond acceptors (Lipinski definition) is 4. The second-order valence-corrected chi connectivity index (χ2v) is 7.56. The molecule has 3 aromatic carbocycles. The average Bonchev–Trinajstić information content (AvgIpc) is 2.85. The Morgan fingerprint density at radius 1 is 0.971 bits per heavy atom. The Balaban J connectivity index is 1.56. The van der Waals surface area contributed by atoms with Gasteiger partial charge in [-0.15, -0.1) is 0 Å². The van der Waals surface area contributed by atoms with E-state index in [1.54, 1.807) is 6.08 Å². The molecule has 3 aromatic rings. The number of nitrogens with one attached hydrogen (secondary N) is 2. The highest BCUT2D eigenvalue weighted by molar-refractivity contribution is 5.90. The molecule has 5 nitrogen and oxygen atoms in total. The number of benzene rings is 3. The Morgan fingerprint density at radius 2 is 1.65 bits per heavy atom. The van der Waals surface area contributed by atoms with Gasteiger partial charge in [-0.2, -0.15) is 13.2 Å². The van der Waals surface area contributed by atoms with E-state index in [1.165, 1.54) is 23.7 Å². The summed E-state index contributed by atoms with van der Waals surface area (Å²) in [5.74, 6) is -0.224. The zero-order valence-electron chi connectivity index (χ0n) is 18.3. The molecule has 0 aliphatic rings. The van der Waals surface area contributed by atoms with Gasteiger partial charge < -0.3 is 10.1 Å². The second-order valence-electron chi connectivity index (χ2n) is 7.56. The van der Waals surface area contributed by atoms with Crippen molar-refractivity contribution < 1.29 is 27.9 Å². The molecule has 0 heterocycles. The van der Waals surface area contributed by atoms with Crippen LogP contribution in [0.2, 0.25) is 0 Å². The fraction of sp³-hybridized carbons (Fsp3) is 0.192. The summed E-state index contributed by atoms with van der Waals surface area (Å²) in [6, 6.07) is 21.8.